The Hall–Kier alpha value is -4.43. The van der Waals surface area contributed by atoms with Crippen LogP contribution in [0.3, 0.4) is 0 Å². The van der Waals surface area contributed by atoms with Crippen molar-refractivity contribution < 1.29 is 9.18 Å². The number of anilines is 1. The van der Waals surface area contributed by atoms with E-state index in [2.05, 4.69) is 43.4 Å². The van der Waals surface area contributed by atoms with E-state index < -0.39 is 0 Å². The number of hydrogen-bond donors (Lipinski definition) is 2. The maximum Gasteiger partial charge on any atom is 0.276 e. The summed E-state index contributed by atoms with van der Waals surface area (Å²) in [7, 11) is 0. The Morgan fingerprint density at radius 1 is 1.03 bits per heavy atom. The summed E-state index contributed by atoms with van der Waals surface area (Å²) in [5.41, 5.74) is 5.60. The van der Waals surface area contributed by atoms with Crippen molar-refractivity contribution in [2.75, 3.05) is 18.4 Å². The number of rotatable bonds is 6. The van der Waals surface area contributed by atoms with Crippen LogP contribution in [0.4, 0.5) is 10.1 Å². The number of nitrogens with one attached hydrogen (secondary N) is 2. The Labute approximate surface area is 226 Å². The highest BCUT2D eigenvalue weighted by atomic mass is 19.1. The molecule has 8 heteroatoms. The molecule has 1 aliphatic rings. The first-order chi connectivity index (χ1) is 19.0. The molecule has 0 atom stereocenters. The monoisotopic (exact) mass is 520 g/mol. The number of amides is 1. The van der Waals surface area contributed by atoms with Gasteiger partial charge in [0, 0.05) is 35.5 Å². The molecule has 3 aromatic heterocycles. The zero-order valence-corrected chi connectivity index (χ0v) is 21.7. The molecule has 0 radical (unpaired) electrons. The number of fused-ring (bicyclic) bond motifs is 1. The number of aromatic amines is 1. The molecule has 196 valence electrons. The number of carbonyl (C=O) groups excluding carboxylic acids is 1. The Morgan fingerprint density at radius 2 is 1.87 bits per heavy atom. The predicted octanol–water partition coefficient (Wildman–Crippen LogP) is 6.31. The topological polar surface area (TPSA) is 86.8 Å². The number of H-pyrrole nitrogens is 1. The second-order valence-electron chi connectivity index (χ2n) is 10.2. The number of aromatic nitrogens is 4. The van der Waals surface area contributed by atoms with E-state index in [0.29, 0.717) is 16.9 Å². The summed E-state index contributed by atoms with van der Waals surface area (Å²) in [6.07, 6.45) is 7.77. The molecule has 2 N–H and O–H groups in total. The van der Waals surface area contributed by atoms with Crippen molar-refractivity contribution in [1.82, 2.24) is 25.1 Å². The molecule has 39 heavy (non-hydrogen) atoms. The van der Waals surface area contributed by atoms with Gasteiger partial charge >= 0.3 is 0 Å². The first-order valence-electron chi connectivity index (χ1n) is 13.2. The lowest BCUT2D eigenvalue weighted by Gasteiger charge is -2.30. The van der Waals surface area contributed by atoms with Gasteiger partial charge in [0.2, 0.25) is 0 Å². The maximum absolute atomic E-state index is 14.1. The second-order valence-corrected chi connectivity index (χ2v) is 10.2. The minimum atomic E-state index is -0.356. The third kappa shape index (κ3) is 5.42. The minimum Gasteiger partial charge on any atom is -0.319 e. The quantitative estimate of drug-likeness (QED) is 0.274. The molecule has 6 rings (SSSR count). The zero-order chi connectivity index (χ0) is 26.8. The fourth-order valence-corrected chi connectivity index (χ4v) is 5.06. The summed E-state index contributed by atoms with van der Waals surface area (Å²) in [4.78, 5) is 24.4. The van der Waals surface area contributed by atoms with E-state index in [-0.39, 0.29) is 17.4 Å². The number of nitrogens with zero attached hydrogens (tertiary/aromatic N) is 4. The number of benzene rings is 2. The molecular weight excluding hydrogens is 491 g/mol. The summed E-state index contributed by atoms with van der Waals surface area (Å²) >= 11 is 0. The summed E-state index contributed by atoms with van der Waals surface area (Å²) in [5.74, 6) is 0.0979. The summed E-state index contributed by atoms with van der Waals surface area (Å²) in [5, 5.41) is 10.8. The fraction of sp³-hybridized carbons (Fsp3) is 0.226. The van der Waals surface area contributed by atoms with Crippen molar-refractivity contribution in [3.05, 3.63) is 96.3 Å². The highest BCUT2D eigenvalue weighted by molar-refractivity contribution is 6.11. The standard InChI is InChI=1S/C31H29FN6O/c1-20-10-12-38(13-11-20)19-21-14-23(17-33-16-21)22-6-8-29-26(15-22)30(37-36-29)31(39)35-24-7-9-28(34-18-24)25-4-2-3-5-27(25)32/h2-9,14-18,20H,10-13,19H2,1H3,(H,35,39)(H,36,37). The molecule has 1 saturated heterocycles. The van der Waals surface area contributed by atoms with E-state index in [0.717, 1.165) is 47.6 Å². The van der Waals surface area contributed by atoms with Crippen LogP contribution in [0.2, 0.25) is 0 Å². The van der Waals surface area contributed by atoms with Crippen LogP contribution in [0.1, 0.15) is 35.8 Å². The van der Waals surface area contributed by atoms with E-state index in [9.17, 15) is 9.18 Å². The van der Waals surface area contributed by atoms with Crippen molar-refractivity contribution in [1.29, 1.82) is 0 Å². The molecule has 1 amide bonds. The Balaban J connectivity index is 1.20. The summed E-state index contributed by atoms with van der Waals surface area (Å²) in [6.45, 7) is 5.44. The molecule has 1 fully saturated rings. The van der Waals surface area contributed by atoms with E-state index in [1.54, 1.807) is 30.3 Å². The number of halogens is 1. The highest BCUT2D eigenvalue weighted by Crippen LogP contribution is 2.27. The van der Waals surface area contributed by atoms with Gasteiger partial charge in [0.05, 0.1) is 23.1 Å². The third-order valence-corrected chi connectivity index (χ3v) is 7.36. The first kappa shape index (κ1) is 24.9. The van der Waals surface area contributed by atoms with Gasteiger partial charge < -0.3 is 5.32 Å². The van der Waals surface area contributed by atoms with Crippen molar-refractivity contribution in [3.8, 4) is 22.4 Å². The number of hydrogen-bond acceptors (Lipinski definition) is 5. The lowest BCUT2D eigenvalue weighted by Crippen LogP contribution is -2.32. The molecule has 0 aliphatic carbocycles. The first-order valence-corrected chi connectivity index (χ1v) is 13.2. The zero-order valence-electron chi connectivity index (χ0n) is 21.7. The summed E-state index contributed by atoms with van der Waals surface area (Å²) in [6, 6.07) is 17.9. The van der Waals surface area contributed by atoms with Crippen LogP contribution in [0.15, 0.2) is 79.3 Å². The van der Waals surface area contributed by atoms with Crippen molar-refractivity contribution in [2.24, 2.45) is 5.92 Å². The SMILES string of the molecule is CC1CCN(Cc2cncc(-c3ccc4[nH]nc(C(=O)Nc5ccc(-c6ccccc6F)nc5)c4c3)c2)CC1. The van der Waals surface area contributed by atoms with E-state index >= 15 is 0 Å². The van der Waals surface area contributed by atoms with Crippen molar-refractivity contribution in [2.45, 2.75) is 26.3 Å². The predicted molar refractivity (Wildman–Crippen MR) is 151 cm³/mol. The molecule has 7 nitrogen and oxygen atoms in total. The van der Waals surface area contributed by atoms with Gasteiger partial charge in [0.15, 0.2) is 5.69 Å². The lowest BCUT2D eigenvalue weighted by atomic mass is 9.98. The van der Waals surface area contributed by atoms with Crippen LogP contribution < -0.4 is 5.32 Å². The molecule has 0 bridgehead atoms. The van der Waals surface area contributed by atoms with Gasteiger partial charge in [-0.1, -0.05) is 25.1 Å². The number of carbonyl (C=O) groups is 1. The average molecular weight is 521 g/mol. The van der Waals surface area contributed by atoms with Gasteiger partial charge in [-0.2, -0.15) is 5.10 Å². The van der Waals surface area contributed by atoms with Gasteiger partial charge in [-0.05, 0) is 85.4 Å². The van der Waals surface area contributed by atoms with E-state index in [4.69, 9.17) is 0 Å². The molecule has 0 unspecified atom stereocenters. The molecule has 2 aromatic carbocycles. The lowest BCUT2D eigenvalue weighted by molar-refractivity contribution is 0.102. The maximum atomic E-state index is 14.1. The molecule has 0 saturated carbocycles. The van der Waals surface area contributed by atoms with Crippen LogP contribution in [-0.2, 0) is 6.54 Å². The molecule has 1 aliphatic heterocycles. The van der Waals surface area contributed by atoms with Gasteiger partial charge in [0.25, 0.3) is 5.91 Å². The number of likely N-dealkylation sites (tertiary alicyclic amines) is 1. The summed E-state index contributed by atoms with van der Waals surface area (Å²) < 4.78 is 14.1. The van der Waals surface area contributed by atoms with Crippen molar-refractivity contribution in [3.63, 3.8) is 0 Å². The average Bonchev–Trinajstić information content (AvgIpc) is 3.39. The highest BCUT2D eigenvalue weighted by Gasteiger charge is 2.18. The molecular formula is C31H29FN6O. The minimum absolute atomic E-state index is 0.289. The van der Waals surface area contributed by atoms with Crippen molar-refractivity contribution >= 4 is 22.5 Å². The van der Waals surface area contributed by atoms with Gasteiger partial charge in [-0.15, -0.1) is 0 Å². The van der Waals surface area contributed by atoms with Crippen LogP contribution >= 0.6 is 0 Å². The van der Waals surface area contributed by atoms with Gasteiger partial charge in [0.1, 0.15) is 5.82 Å². The molecule has 0 spiro atoms. The Morgan fingerprint density at radius 3 is 2.67 bits per heavy atom. The van der Waals surface area contributed by atoms with Crippen LogP contribution in [0, 0.1) is 11.7 Å². The Bertz CT molecular complexity index is 1620. The fourth-order valence-electron chi connectivity index (χ4n) is 5.06. The third-order valence-electron chi connectivity index (χ3n) is 7.36. The largest absolute Gasteiger partial charge is 0.319 e. The second kappa shape index (κ2) is 10.7. The van der Waals surface area contributed by atoms with Crippen LogP contribution in [-0.4, -0.2) is 44.1 Å². The van der Waals surface area contributed by atoms with E-state index in [1.165, 1.54) is 30.7 Å². The Kier molecular flexibility index (Phi) is 6.85. The molecule has 5 aromatic rings. The smallest absolute Gasteiger partial charge is 0.276 e. The van der Waals surface area contributed by atoms with Crippen LogP contribution in [0.25, 0.3) is 33.3 Å². The normalized spacial score (nSPS) is 14.5. The van der Waals surface area contributed by atoms with E-state index in [1.807, 2.05) is 30.6 Å². The number of pyridine rings is 2. The van der Waals surface area contributed by atoms with Gasteiger partial charge in [-0.3, -0.25) is 24.8 Å². The van der Waals surface area contributed by atoms with Crippen LogP contribution in [0.5, 0.6) is 0 Å². The number of piperidine rings is 1. The van der Waals surface area contributed by atoms with Gasteiger partial charge in [-0.25, -0.2) is 4.39 Å². The molecule has 4 heterocycles.